The lowest BCUT2D eigenvalue weighted by atomic mass is 10.0. The molecule has 1 aromatic heterocycles. The molecule has 3 aromatic rings. The third kappa shape index (κ3) is 4.41. The number of nitrogens with zero attached hydrogens (tertiary/aromatic N) is 1. The van der Waals surface area contributed by atoms with Gasteiger partial charge < -0.3 is 4.57 Å². The summed E-state index contributed by atoms with van der Waals surface area (Å²) >= 11 is 0. The molecule has 3 rings (SSSR count). The van der Waals surface area contributed by atoms with Gasteiger partial charge in [0, 0.05) is 11.4 Å². The van der Waals surface area contributed by atoms with E-state index in [0.717, 1.165) is 28.2 Å². The van der Waals surface area contributed by atoms with Gasteiger partial charge in [-0.1, -0.05) is 85.5 Å². The second-order valence-corrected chi connectivity index (χ2v) is 7.22. The Hall–Kier alpha value is -3.32. The van der Waals surface area contributed by atoms with E-state index in [2.05, 4.69) is 98.3 Å². The van der Waals surface area contributed by atoms with Crippen LogP contribution < -0.4 is 10.6 Å². The molecular weight excluding hydrogens is 350 g/mol. The van der Waals surface area contributed by atoms with Crippen molar-refractivity contribution in [2.75, 3.05) is 0 Å². The molecule has 0 atom stereocenters. The summed E-state index contributed by atoms with van der Waals surface area (Å²) in [6.45, 7) is 14.8. The summed E-state index contributed by atoms with van der Waals surface area (Å²) in [5, 5.41) is 2.21. The fourth-order valence-corrected chi connectivity index (χ4v) is 3.64. The molecule has 0 amide bonds. The zero-order chi connectivity index (χ0) is 20.8. The van der Waals surface area contributed by atoms with Crippen LogP contribution in [0, 0.1) is 13.8 Å². The molecule has 0 aliphatic rings. The van der Waals surface area contributed by atoms with Crippen LogP contribution in [0.3, 0.4) is 0 Å². The smallest absolute Gasteiger partial charge is 0.0528 e. The van der Waals surface area contributed by atoms with E-state index in [1.165, 1.54) is 22.4 Å². The van der Waals surface area contributed by atoms with E-state index in [1.54, 1.807) is 0 Å². The lowest BCUT2D eigenvalue weighted by Gasteiger charge is -2.08. The fourth-order valence-electron chi connectivity index (χ4n) is 3.64. The maximum Gasteiger partial charge on any atom is 0.0528 e. The van der Waals surface area contributed by atoms with Crippen LogP contribution in [0.5, 0.6) is 0 Å². The number of aryl methyl sites for hydroxylation is 1. The average molecular weight is 380 g/mol. The highest BCUT2D eigenvalue weighted by molar-refractivity contribution is 5.73. The Labute approximate surface area is 174 Å². The van der Waals surface area contributed by atoms with Crippen molar-refractivity contribution in [3.8, 4) is 5.69 Å². The minimum atomic E-state index is 0.816. The van der Waals surface area contributed by atoms with E-state index in [0.29, 0.717) is 0 Å². The summed E-state index contributed by atoms with van der Waals surface area (Å²) in [5.74, 6) is 0. The molecule has 0 radical (unpaired) electrons. The van der Waals surface area contributed by atoms with E-state index in [-0.39, 0.29) is 0 Å². The predicted octanol–water partition coefficient (Wildman–Crippen LogP) is 5.67. The van der Waals surface area contributed by atoms with Gasteiger partial charge in [0.15, 0.2) is 0 Å². The zero-order valence-corrected chi connectivity index (χ0v) is 17.7. The molecule has 0 saturated heterocycles. The average Bonchev–Trinajstić information content (AvgIpc) is 2.98. The Morgan fingerprint density at radius 1 is 1.00 bits per heavy atom. The standard InChI is InChI=1S/C28H29N/c1-6-8-14-28-22(4)27(23(5)29(28)26-12-10-9-11-13-26)20-19-24(7-2)25-17-15-21(3)16-18-25/h6-19H,2,4,20H2,1,3,5H3/b8-6-,24-19+,28-14+. The van der Waals surface area contributed by atoms with E-state index < -0.39 is 0 Å². The summed E-state index contributed by atoms with van der Waals surface area (Å²) in [6.07, 6.45) is 11.3. The van der Waals surface area contributed by atoms with Crippen molar-refractivity contribution < 1.29 is 0 Å². The number of hydrogen-bond donors (Lipinski definition) is 0. The van der Waals surface area contributed by atoms with Gasteiger partial charge in [-0.15, -0.1) is 0 Å². The molecule has 1 heterocycles. The zero-order valence-electron chi connectivity index (χ0n) is 17.7. The van der Waals surface area contributed by atoms with Gasteiger partial charge in [-0.05, 0) is 67.3 Å². The molecule has 0 saturated carbocycles. The Morgan fingerprint density at radius 2 is 1.69 bits per heavy atom. The van der Waals surface area contributed by atoms with Crippen LogP contribution in [-0.2, 0) is 6.42 Å². The number of para-hydroxylation sites is 1. The monoisotopic (exact) mass is 379 g/mol. The van der Waals surface area contributed by atoms with Gasteiger partial charge in [0.1, 0.15) is 0 Å². The van der Waals surface area contributed by atoms with Crippen molar-refractivity contribution in [2.24, 2.45) is 0 Å². The molecule has 0 bridgehead atoms. The van der Waals surface area contributed by atoms with E-state index in [1.807, 2.05) is 25.1 Å². The topological polar surface area (TPSA) is 4.93 Å². The van der Waals surface area contributed by atoms with Gasteiger partial charge >= 0.3 is 0 Å². The van der Waals surface area contributed by atoms with Crippen LogP contribution >= 0.6 is 0 Å². The number of benzene rings is 2. The first kappa shape index (κ1) is 20.4. The van der Waals surface area contributed by atoms with Crippen LogP contribution in [0.2, 0.25) is 0 Å². The van der Waals surface area contributed by atoms with Crippen molar-refractivity contribution in [2.45, 2.75) is 27.2 Å². The SMILES string of the molecule is C=C/C(=C\Cc1c(C)n(-c2ccccc2)/c(=C/C=C\C)c1=C)c1ccc(C)cc1. The van der Waals surface area contributed by atoms with E-state index in [9.17, 15) is 0 Å². The molecule has 146 valence electrons. The van der Waals surface area contributed by atoms with Gasteiger partial charge in [-0.25, -0.2) is 0 Å². The van der Waals surface area contributed by atoms with Crippen LogP contribution in [-0.4, -0.2) is 4.57 Å². The van der Waals surface area contributed by atoms with E-state index in [4.69, 9.17) is 0 Å². The first-order chi connectivity index (χ1) is 14.1. The number of hydrogen-bond acceptors (Lipinski definition) is 0. The summed E-state index contributed by atoms with van der Waals surface area (Å²) < 4.78 is 2.30. The maximum atomic E-state index is 4.43. The van der Waals surface area contributed by atoms with Gasteiger partial charge in [0.05, 0.1) is 5.35 Å². The Kier molecular flexibility index (Phi) is 6.51. The molecule has 0 fully saturated rings. The molecule has 29 heavy (non-hydrogen) atoms. The van der Waals surface area contributed by atoms with Gasteiger partial charge in [0.2, 0.25) is 0 Å². The van der Waals surface area contributed by atoms with Crippen molar-refractivity contribution in [1.82, 2.24) is 4.57 Å². The molecule has 2 aromatic carbocycles. The third-order valence-electron chi connectivity index (χ3n) is 5.28. The van der Waals surface area contributed by atoms with Crippen LogP contribution in [0.1, 0.15) is 29.3 Å². The molecule has 1 heteroatoms. The molecule has 0 N–H and O–H groups in total. The van der Waals surface area contributed by atoms with Gasteiger partial charge in [-0.2, -0.15) is 0 Å². The second-order valence-electron chi connectivity index (χ2n) is 7.22. The minimum Gasteiger partial charge on any atom is -0.314 e. The number of allylic oxidation sites excluding steroid dienone is 5. The second kappa shape index (κ2) is 9.25. The van der Waals surface area contributed by atoms with Crippen LogP contribution in [0.15, 0.2) is 85.5 Å². The highest BCUT2D eigenvalue weighted by Crippen LogP contribution is 2.18. The first-order valence-electron chi connectivity index (χ1n) is 10.0. The van der Waals surface area contributed by atoms with Gasteiger partial charge in [-0.3, -0.25) is 0 Å². The quantitative estimate of drug-likeness (QED) is 0.486. The minimum absolute atomic E-state index is 0.816. The highest BCUT2D eigenvalue weighted by Gasteiger charge is 2.11. The van der Waals surface area contributed by atoms with Crippen molar-refractivity contribution in [3.63, 3.8) is 0 Å². The molecule has 0 spiro atoms. The van der Waals surface area contributed by atoms with Crippen molar-refractivity contribution in [3.05, 3.63) is 118 Å². The molecule has 0 aliphatic heterocycles. The molecular formula is C28H29N. The summed E-state index contributed by atoms with van der Waals surface area (Å²) in [7, 11) is 0. The largest absolute Gasteiger partial charge is 0.314 e. The fraction of sp³-hybridized carbons (Fsp3) is 0.143. The lowest BCUT2D eigenvalue weighted by Crippen LogP contribution is -2.28. The third-order valence-corrected chi connectivity index (χ3v) is 5.28. The Morgan fingerprint density at radius 3 is 2.31 bits per heavy atom. The lowest BCUT2D eigenvalue weighted by molar-refractivity contribution is 0.966. The normalized spacial score (nSPS) is 12.7. The van der Waals surface area contributed by atoms with Gasteiger partial charge in [0.25, 0.3) is 0 Å². The number of aromatic nitrogens is 1. The summed E-state index contributed by atoms with van der Waals surface area (Å²) in [4.78, 5) is 0. The highest BCUT2D eigenvalue weighted by atomic mass is 15.0. The predicted molar refractivity (Wildman–Crippen MR) is 128 cm³/mol. The Bertz CT molecular complexity index is 1150. The molecule has 0 unspecified atom stereocenters. The van der Waals surface area contributed by atoms with Crippen LogP contribution in [0.4, 0.5) is 0 Å². The first-order valence-corrected chi connectivity index (χ1v) is 10.0. The summed E-state index contributed by atoms with van der Waals surface area (Å²) in [5.41, 5.74) is 7.24. The number of rotatable bonds is 6. The molecule has 0 aliphatic carbocycles. The Balaban J connectivity index is 2.10. The van der Waals surface area contributed by atoms with E-state index >= 15 is 0 Å². The molecule has 1 nitrogen and oxygen atoms in total. The van der Waals surface area contributed by atoms with Crippen LogP contribution in [0.25, 0.3) is 23.9 Å². The van der Waals surface area contributed by atoms with Crippen molar-refractivity contribution >= 4 is 18.2 Å². The maximum absolute atomic E-state index is 4.43. The van der Waals surface area contributed by atoms with Crippen molar-refractivity contribution in [1.29, 1.82) is 0 Å². The summed E-state index contributed by atoms with van der Waals surface area (Å²) in [6, 6.07) is 19.1.